The summed E-state index contributed by atoms with van der Waals surface area (Å²) in [5.41, 5.74) is 5.28. The van der Waals surface area contributed by atoms with Gasteiger partial charge in [0, 0.05) is 12.1 Å². The zero-order valence-electron chi connectivity index (χ0n) is 7.80. The van der Waals surface area contributed by atoms with Gasteiger partial charge in [0.25, 0.3) is 0 Å². The van der Waals surface area contributed by atoms with Crippen LogP contribution in [0.1, 0.15) is 12.0 Å². The first-order valence-corrected chi connectivity index (χ1v) is 4.53. The van der Waals surface area contributed by atoms with E-state index in [2.05, 4.69) is 5.32 Å². The monoisotopic (exact) mass is 209 g/mol. The third kappa shape index (κ3) is 1.90. The first-order chi connectivity index (χ1) is 7.11. The molecular weight excluding hydrogens is 200 g/mol. The van der Waals surface area contributed by atoms with Gasteiger partial charge in [-0.3, -0.25) is 0 Å². The lowest BCUT2D eigenvalue weighted by molar-refractivity contribution is 0.587. The first kappa shape index (κ1) is 9.87. The van der Waals surface area contributed by atoms with Crippen LogP contribution < -0.4 is 11.1 Å². The summed E-state index contributed by atoms with van der Waals surface area (Å²) in [6.45, 7) is 0. The van der Waals surface area contributed by atoms with Gasteiger partial charge in [0.2, 0.25) is 0 Å². The van der Waals surface area contributed by atoms with Crippen LogP contribution >= 0.6 is 0 Å². The molecule has 0 amide bonds. The molecule has 2 unspecified atom stereocenters. The van der Waals surface area contributed by atoms with Crippen LogP contribution in [-0.2, 0) is 0 Å². The van der Waals surface area contributed by atoms with Crippen LogP contribution in [0.25, 0.3) is 0 Å². The number of benzene rings is 1. The number of nitriles is 1. The maximum absolute atomic E-state index is 13.3. The summed E-state index contributed by atoms with van der Waals surface area (Å²) in [6.07, 6.45) is 0.707. The van der Waals surface area contributed by atoms with Gasteiger partial charge in [-0.2, -0.15) is 5.26 Å². The highest BCUT2D eigenvalue weighted by Gasteiger charge is 2.34. The molecular formula is C10H9F2N3. The van der Waals surface area contributed by atoms with Gasteiger partial charge in [-0.1, -0.05) is 0 Å². The Balaban J connectivity index is 2.27. The summed E-state index contributed by atoms with van der Waals surface area (Å²) >= 11 is 0. The summed E-state index contributed by atoms with van der Waals surface area (Å²) < 4.78 is 26.6. The lowest BCUT2D eigenvalue weighted by Gasteiger charge is -2.07. The van der Waals surface area contributed by atoms with Crippen molar-refractivity contribution in [3.63, 3.8) is 0 Å². The number of hydrogen-bond acceptors (Lipinski definition) is 3. The molecule has 2 atom stereocenters. The third-order valence-electron chi connectivity index (χ3n) is 2.34. The smallest absolute Gasteiger partial charge is 0.150 e. The summed E-state index contributed by atoms with van der Waals surface area (Å²) in [5, 5.41) is 11.2. The van der Waals surface area contributed by atoms with Crippen LogP contribution in [0.5, 0.6) is 0 Å². The van der Waals surface area contributed by atoms with E-state index in [4.69, 9.17) is 11.0 Å². The van der Waals surface area contributed by atoms with Gasteiger partial charge in [-0.15, -0.1) is 0 Å². The standard InChI is InChI=1S/C10H9F2N3/c11-6-1-5(4-13)2-7(12)10(6)15-9-3-8(9)14/h1-2,8-9,15H,3,14H2. The van der Waals surface area contributed by atoms with Crippen molar-refractivity contribution in [2.75, 3.05) is 5.32 Å². The van der Waals surface area contributed by atoms with Gasteiger partial charge in [0.15, 0.2) is 11.6 Å². The van der Waals surface area contributed by atoms with Gasteiger partial charge in [-0.25, -0.2) is 8.78 Å². The number of rotatable bonds is 2. The molecule has 0 heterocycles. The van der Waals surface area contributed by atoms with Gasteiger partial charge in [-0.05, 0) is 18.6 Å². The fourth-order valence-corrected chi connectivity index (χ4v) is 1.34. The van der Waals surface area contributed by atoms with Crippen molar-refractivity contribution in [3.8, 4) is 6.07 Å². The number of nitrogens with two attached hydrogens (primary N) is 1. The normalized spacial score (nSPS) is 23.3. The number of nitrogens with one attached hydrogen (secondary N) is 1. The Bertz CT molecular complexity index is 416. The molecule has 78 valence electrons. The summed E-state index contributed by atoms with van der Waals surface area (Å²) in [4.78, 5) is 0. The lowest BCUT2D eigenvalue weighted by Crippen LogP contribution is -2.15. The van der Waals surface area contributed by atoms with Crippen molar-refractivity contribution in [1.82, 2.24) is 0 Å². The Hall–Kier alpha value is -1.67. The van der Waals surface area contributed by atoms with E-state index in [0.29, 0.717) is 6.42 Å². The van der Waals surface area contributed by atoms with Crippen LogP contribution in [0.2, 0.25) is 0 Å². The van der Waals surface area contributed by atoms with Crippen LogP contribution in [0.4, 0.5) is 14.5 Å². The van der Waals surface area contributed by atoms with E-state index in [-0.39, 0.29) is 23.3 Å². The Labute approximate surface area is 85.5 Å². The largest absolute Gasteiger partial charge is 0.376 e. The maximum Gasteiger partial charge on any atom is 0.150 e. The molecule has 0 aromatic heterocycles. The Morgan fingerprint density at radius 1 is 1.40 bits per heavy atom. The van der Waals surface area contributed by atoms with E-state index < -0.39 is 11.6 Å². The fourth-order valence-electron chi connectivity index (χ4n) is 1.34. The van der Waals surface area contributed by atoms with E-state index in [1.165, 1.54) is 0 Å². The van der Waals surface area contributed by atoms with E-state index >= 15 is 0 Å². The minimum absolute atomic E-state index is 0.0318. The Morgan fingerprint density at radius 2 is 1.93 bits per heavy atom. The molecule has 1 aromatic rings. The summed E-state index contributed by atoms with van der Waals surface area (Å²) in [7, 11) is 0. The molecule has 0 bridgehead atoms. The third-order valence-corrected chi connectivity index (χ3v) is 2.34. The molecule has 3 nitrogen and oxygen atoms in total. The van der Waals surface area contributed by atoms with E-state index in [0.717, 1.165) is 12.1 Å². The molecule has 0 radical (unpaired) electrons. The number of nitrogens with zero attached hydrogens (tertiary/aromatic N) is 1. The first-order valence-electron chi connectivity index (χ1n) is 4.53. The molecule has 1 fully saturated rings. The second kappa shape index (κ2) is 3.48. The quantitative estimate of drug-likeness (QED) is 0.772. The van der Waals surface area contributed by atoms with Crippen LogP contribution in [0, 0.1) is 23.0 Å². The van der Waals surface area contributed by atoms with E-state index in [9.17, 15) is 8.78 Å². The van der Waals surface area contributed by atoms with Crippen molar-refractivity contribution < 1.29 is 8.78 Å². The second-order valence-electron chi connectivity index (χ2n) is 3.58. The molecule has 1 aliphatic rings. The van der Waals surface area contributed by atoms with Crippen molar-refractivity contribution >= 4 is 5.69 Å². The molecule has 0 aliphatic heterocycles. The summed E-state index contributed by atoms with van der Waals surface area (Å²) in [6, 6.07) is 3.57. The van der Waals surface area contributed by atoms with Gasteiger partial charge >= 0.3 is 0 Å². The van der Waals surface area contributed by atoms with Crippen molar-refractivity contribution in [2.24, 2.45) is 5.73 Å². The van der Waals surface area contributed by atoms with Crippen molar-refractivity contribution in [2.45, 2.75) is 18.5 Å². The molecule has 0 spiro atoms. The Kier molecular flexibility index (Phi) is 2.29. The molecule has 1 saturated carbocycles. The van der Waals surface area contributed by atoms with Gasteiger partial charge in [0.1, 0.15) is 5.69 Å². The predicted molar refractivity (Wildman–Crippen MR) is 51.1 cm³/mol. The lowest BCUT2D eigenvalue weighted by atomic mass is 10.2. The van der Waals surface area contributed by atoms with Gasteiger partial charge < -0.3 is 11.1 Å². The highest BCUT2D eigenvalue weighted by molar-refractivity contribution is 5.52. The SMILES string of the molecule is N#Cc1cc(F)c(NC2CC2N)c(F)c1. The number of halogens is 2. The fraction of sp³-hybridized carbons (Fsp3) is 0.300. The number of anilines is 1. The van der Waals surface area contributed by atoms with E-state index in [1.54, 1.807) is 6.07 Å². The maximum atomic E-state index is 13.3. The average Bonchev–Trinajstić information content (AvgIpc) is 2.88. The molecule has 1 aromatic carbocycles. The zero-order chi connectivity index (χ0) is 11.0. The van der Waals surface area contributed by atoms with Crippen molar-refractivity contribution in [3.05, 3.63) is 29.3 Å². The molecule has 2 rings (SSSR count). The predicted octanol–water partition coefficient (Wildman–Crippen LogP) is 1.35. The topological polar surface area (TPSA) is 61.8 Å². The number of hydrogen-bond donors (Lipinski definition) is 2. The average molecular weight is 209 g/mol. The van der Waals surface area contributed by atoms with Crippen LogP contribution in [0.3, 0.4) is 0 Å². The molecule has 15 heavy (non-hydrogen) atoms. The van der Waals surface area contributed by atoms with Gasteiger partial charge in [0.05, 0.1) is 11.6 Å². The summed E-state index contributed by atoms with van der Waals surface area (Å²) in [5.74, 6) is -1.52. The Morgan fingerprint density at radius 3 is 2.33 bits per heavy atom. The highest BCUT2D eigenvalue weighted by atomic mass is 19.1. The van der Waals surface area contributed by atoms with Crippen molar-refractivity contribution in [1.29, 1.82) is 5.26 Å². The molecule has 1 aliphatic carbocycles. The molecule has 3 N–H and O–H groups in total. The molecule has 5 heteroatoms. The minimum atomic E-state index is -0.759. The minimum Gasteiger partial charge on any atom is -0.376 e. The molecule has 0 saturated heterocycles. The second-order valence-corrected chi connectivity index (χ2v) is 3.58. The van der Waals surface area contributed by atoms with Crippen LogP contribution in [0.15, 0.2) is 12.1 Å². The highest BCUT2D eigenvalue weighted by Crippen LogP contribution is 2.28. The van der Waals surface area contributed by atoms with Crippen LogP contribution in [-0.4, -0.2) is 12.1 Å². The zero-order valence-corrected chi connectivity index (χ0v) is 7.80. The van der Waals surface area contributed by atoms with E-state index in [1.807, 2.05) is 0 Å².